The van der Waals surface area contributed by atoms with Crippen LogP contribution in [0.15, 0.2) is 25.0 Å². The summed E-state index contributed by atoms with van der Waals surface area (Å²) in [5, 5.41) is 20.0. The first-order valence-corrected chi connectivity index (χ1v) is 11.3. The number of imidazole rings is 2. The van der Waals surface area contributed by atoms with Gasteiger partial charge in [-0.15, -0.1) is 0 Å². The Morgan fingerprint density at radius 1 is 0.944 bits per heavy atom. The van der Waals surface area contributed by atoms with E-state index in [4.69, 9.17) is 5.73 Å². The van der Waals surface area contributed by atoms with Crippen LogP contribution in [-0.4, -0.2) is 85.4 Å². The molecule has 0 aliphatic carbocycles. The molecular weight excluding hydrogens is 474 g/mol. The van der Waals surface area contributed by atoms with Gasteiger partial charge in [-0.25, -0.2) is 14.8 Å². The number of rotatable bonds is 13. The Morgan fingerprint density at radius 3 is 2.03 bits per heavy atom. The maximum absolute atomic E-state index is 13.1. The van der Waals surface area contributed by atoms with Crippen molar-refractivity contribution in [3.63, 3.8) is 0 Å². The highest BCUT2D eigenvalue weighted by atomic mass is 16.4. The lowest BCUT2D eigenvalue weighted by molar-refractivity contribution is -0.142. The van der Waals surface area contributed by atoms with Gasteiger partial charge >= 0.3 is 5.97 Å². The molecule has 2 aromatic heterocycles. The lowest BCUT2D eigenvalue weighted by Crippen LogP contribution is -2.58. The number of hydrogen-bond donors (Lipinski definition) is 8. The smallest absolute Gasteiger partial charge is 0.326 e. The zero-order chi connectivity index (χ0) is 26.1. The number of carboxylic acids is 1. The fraction of sp³-hybridized carbons (Fsp3) is 0.476. The van der Waals surface area contributed by atoms with Crippen LogP contribution >= 0.6 is 0 Å². The number of nitrogens with zero attached hydrogens (tertiary/aromatic N) is 2. The van der Waals surface area contributed by atoms with Gasteiger partial charge in [-0.3, -0.25) is 19.2 Å². The van der Waals surface area contributed by atoms with Gasteiger partial charge in [-0.05, 0) is 19.4 Å². The molecule has 4 amide bonds. The molecule has 0 bridgehead atoms. The predicted octanol–water partition coefficient (Wildman–Crippen LogP) is -2.92. The van der Waals surface area contributed by atoms with Crippen LogP contribution in [0.3, 0.4) is 0 Å². The zero-order valence-corrected chi connectivity index (χ0v) is 19.3. The van der Waals surface area contributed by atoms with Crippen LogP contribution in [0, 0.1) is 0 Å². The Bertz CT molecular complexity index is 1050. The first kappa shape index (κ1) is 26.3. The number of aromatic amines is 2. The third-order valence-electron chi connectivity index (χ3n) is 5.62. The zero-order valence-electron chi connectivity index (χ0n) is 19.3. The summed E-state index contributed by atoms with van der Waals surface area (Å²) in [6.07, 6.45) is 6.46. The summed E-state index contributed by atoms with van der Waals surface area (Å²) in [7, 11) is 0. The highest BCUT2D eigenvalue weighted by molar-refractivity contribution is 5.96. The maximum Gasteiger partial charge on any atom is 0.326 e. The number of nitrogens with two attached hydrogens (primary N) is 1. The highest BCUT2D eigenvalue weighted by Crippen LogP contribution is 2.08. The Labute approximate surface area is 205 Å². The van der Waals surface area contributed by atoms with Crippen molar-refractivity contribution >= 4 is 29.6 Å². The molecule has 1 fully saturated rings. The van der Waals surface area contributed by atoms with Gasteiger partial charge in [0.25, 0.3) is 0 Å². The van der Waals surface area contributed by atoms with E-state index >= 15 is 0 Å². The van der Waals surface area contributed by atoms with Crippen molar-refractivity contribution in [1.82, 2.24) is 41.2 Å². The van der Waals surface area contributed by atoms with Crippen molar-refractivity contribution in [2.45, 2.75) is 56.3 Å². The molecule has 0 saturated carbocycles. The van der Waals surface area contributed by atoms with Crippen molar-refractivity contribution in [2.75, 3.05) is 6.54 Å². The second kappa shape index (κ2) is 12.4. The van der Waals surface area contributed by atoms with Crippen molar-refractivity contribution in [2.24, 2.45) is 5.73 Å². The third-order valence-corrected chi connectivity index (χ3v) is 5.62. The second-order valence-corrected chi connectivity index (χ2v) is 8.40. The van der Waals surface area contributed by atoms with Gasteiger partial charge in [0.2, 0.25) is 23.6 Å². The molecule has 3 rings (SSSR count). The molecule has 9 N–H and O–H groups in total. The molecule has 3 heterocycles. The van der Waals surface area contributed by atoms with E-state index in [9.17, 15) is 29.1 Å². The number of carbonyl (C=O) groups is 5. The number of hydrogen-bond acceptors (Lipinski definition) is 8. The number of aliphatic carboxylic acids is 1. The van der Waals surface area contributed by atoms with Gasteiger partial charge < -0.3 is 42.1 Å². The van der Waals surface area contributed by atoms with E-state index in [1.807, 2.05) is 0 Å². The van der Waals surface area contributed by atoms with Crippen LogP contribution in [-0.2, 0) is 36.8 Å². The molecular formula is C21H29N9O6. The first-order chi connectivity index (χ1) is 17.2. The topological polar surface area (TPSA) is 237 Å². The van der Waals surface area contributed by atoms with Crippen molar-refractivity contribution < 1.29 is 29.1 Å². The van der Waals surface area contributed by atoms with Crippen LogP contribution in [0.2, 0.25) is 0 Å². The Balaban J connectivity index is 1.71. The minimum absolute atomic E-state index is 0.0345. The lowest BCUT2D eigenvalue weighted by atomic mass is 10.1. The molecule has 194 valence electrons. The SMILES string of the molecule is NC(=O)CC(NC(=O)C(Cc1cnc[nH]1)NC(=O)C1CCCN1)C(=O)NC(Cc1cnc[nH]1)C(=O)O. The van der Waals surface area contributed by atoms with E-state index < -0.39 is 54.3 Å². The van der Waals surface area contributed by atoms with Gasteiger partial charge in [0, 0.05) is 36.6 Å². The van der Waals surface area contributed by atoms with Crippen molar-refractivity contribution in [1.29, 1.82) is 0 Å². The first-order valence-electron chi connectivity index (χ1n) is 11.3. The number of amides is 4. The van der Waals surface area contributed by atoms with E-state index in [0.717, 1.165) is 6.42 Å². The summed E-state index contributed by atoms with van der Waals surface area (Å²) in [4.78, 5) is 75.3. The molecule has 4 unspecified atom stereocenters. The summed E-state index contributed by atoms with van der Waals surface area (Å²) in [6, 6.07) is -4.39. The van der Waals surface area contributed by atoms with Crippen LogP contribution in [0.4, 0.5) is 0 Å². The molecule has 15 nitrogen and oxygen atoms in total. The number of H-pyrrole nitrogens is 2. The number of carboxylic acid groups (broad SMARTS) is 1. The molecule has 15 heteroatoms. The van der Waals surface area contributed by atoms with Gasteiger partial charge in [-0.1, -0.05) is 0 Å². The quantitative estimate of drug-likeness (QED) is 0.139. The fourth-order valence-corrected chi connectivity index (χ4v) is 3.78. The normalized spacial score (nSPS) is 17.5. The molecule has 1 saturated heterocycles. The molecule has 1 aliphatic rings. The molecule has 1 aliphatic heterocycles. The van der Waals surface area contributed by atoms with Crippen LogP contribution in [0.1, 0.15) is 30.7 Å². The monoisotopic (exact) mass is 503 g/mol. The lowest BCUT2D eigenvalue weighted by Gasteiger charge is -2.24. The summed E-state index contributed by atoms with van der Waals surface area (Å²) >= 11 is 0. The standard InChI is InChI=1S/C21H29N9O6/c22-17(31)6-15(20(34)30-16(21(35)36)5-12-8-24-10-27-12)29-19(33)14(4-11-7-23-9-26-11)28-18(32)13-2-1-3-25-13/h7-10,13-16,25H,1-6H2,(H2,22,31)(H,23,26)(H,24,27)(H,28,32)(H,29,33)(H,30,34)(H,35,36). The number of primary amides is 1. The summed E-state index contributed by atoms with van der Waals surface area (Å²) in [5.41, 5.74) is 6.28. The van der Waals surface area contributed by atoms with Crippen LogP contribution in [0.5, 0.6) is 0 Å². The maximum atomic E-state index is 13.1. The fourth-order valence-electron chi connectivity index (χ4n) is 3.78. The summed E-state index contributed by atoms with van der Waals surface area (Å²) in [6.45, 7) is 0.680. The second-order valence-electron chi connectivity index (χ2n) is 8.40. The Hall–Kier alpha value is -4.27. The van der Waals surface area contributed by atoms with Crippen LogP contribution < -0.4 is 27.0 Å². The van der Waals surface area contributed by atoms with Gasteiger partial charge in [0.1, 0.15) is 18.1 Å². The van der Waals surface area contributed by atoms with Gasteiger partial charge in [0.05, 0.1) is 25.1 Å². The average Bonchev–Trinajstić information content (AvgIpc) is 3.61. The van der Waals surface area contributed by atoms with E-state index in [1.165, 1.54) is 25.0 Å². The van der Waals surface area contributed by atoms with E-state index in [-0.39, 0.29) is 18.7 Å². The number of carbonyl (C=O) groups excluding carboxylic acids is 4. The van der Waals surface area contributed by atoms with Crippen molar-refractivity contribution in [3.8, 4) is 0 Å². The molecule has 36 heavy (non-hydrogen) atoms. The average molecular weight is 504 g/mol. The van der Waals surface area contributed by atoms with Gasteiger partial charge in [0.15, 0.2) is 0 Å². The molecule has 0 spiro atoms. The number of nitrogens with one attached hydrogen (secondary N) is 6. The van der Waals surface area contributed by atoms with Gasteiger partial charge in [-0.2, -0.15) is 0 Å². The predicted molar refractivity (Wildman–Crippen MR) is 123 cm³/mol. The highest BCUT2D eigenvalue weighted by Gasteiger charge is 2.32. The third kappa shape index (κ3) is 7.63. The van der Waals surface area contributed by atoms with Crippen molar-refractivity contribution in [3.05, 3.63) is 36.4 Å². The van der Waals surface area contributed by atoms with E-state index in [0.29, 0.717) is 24.4 Å². The minimum Gasteiger partial charge on any atom is -0.480 e. The minimum atomic E-state index is -1.47. The van der Waals surface area contributed by atoms with E-state index in [1.54, 1.807) is 0 Å². The molecule has 0 aromatic carbocycles. The summed E-state index contributed by atoms with van der Waals surface area (Å²) in [5.74, 6) is -4.26. The van der Waals surface area contributed by atoms with E-state index in [2.05, 4.69) is 41.2 Å². The Kier molecular flexibility index (Phi) is 9.10. The molecule has 0 radical (unpaired) electrons. The largest absolute Gasteiger partial charge is 0.480 e. The molecule has 2 aromatic rings. The van der Waals surface area contributed by atoms with Crippen LogP contribution in [0.25, 0.3) is 0 Å². The molecule has 4 atom stereocenters. The summed E-state index contributed by atoms with van der Waals surface area (Å²) < 4.78 is 0. The number of aromatic nitrogens is 4. The Morgan fingerprint density at radius 2 is 1.53 bits per heavy atom.